The number of nitrogens with zero attached hydrogens (tertiary/aromatic N) is 1. The van der Waals surface area contributed by atoms with Gasteiger partial charge in [0.15, 0.2) is 0 Å². The Kier molecular flexibility index (Phi) is 13.6. The number of likely N-dealkylation sites (N-methyl/N-ethyl adjacent to an activating group) is 1. The fourth-order valence-corrected chi connectivity index (χ4v) is 2.89. The fraction of sp³-hybridized carbons (Fsp3) is 0.895. The third-order valence-electron chi connectivity index (χ3n) is 4.34. The van der Waals surface area contributed by atoms with Gasteiger partial charge in [-0.15, -0.1) is 0 Å². The molecule has 0 aliphatic heterocycles. The van der Waals surface area contributed by atoms with Gasteiger partial charge in [0.25, 0.3) is 0 Å². The van der Waals surface area contributed by atoms with Gasteiger partial charge in [0.2, 0.25) is 12.5 Å². The van der Waals surface area contributed by atoms with Crippen LogP contribution in [0.1, 0.15) is 77.6 Å². The molecule has 0 saturated carbocycles. The molecule has 0 atom stereocenters. The van der Waals surface area contributed by atoms with Crippen molar-refractivity contribution in [3.05, 3.63) is 0 Å². The number of carbonyl (C=O) groups excluding carboxylic acids is 2. The van der Waals surface area contributed by atoms with Crippen LogP contribution >= 0.6 is 0 Å². The van der Waals surface area contributed by atoms with Crippen molar-refractivity contribution in [1.82, 2.24) is 5.32 Å². The van der Waals surface area contributed by atoms with Crippen molar-refractivity contribution in [1.29, 1.82) is 0 Å². The lowest BCUT2D eigenvalue weighted by molar-refractivity contribution is -0.883. The first-order valence-electron chi connectivity index (χ1n) is 9.70. The van der Waals surface area contributed by atoms with Gasteiger partial charge in [-0.25, -0.2) is 0 Å². The molecule has 1 amide bonds. The zero-order chi connectivity index (χ0) is 18.3. The van der Waals surface area contributed by atoms with E-state index in [1.165, 1.54) is 51.4 Å². The summed E-state index contributed by atoms with van der Waals surface area (Å²) in [6.07, 6.45) is 12.9. The van der Waals surface area contributed by atoms with Crippen molar-refractivity contribution in [2.75, 3.05) is 33.7 Å². The Balaban J connectivity index is 3.43. The van der Waals surface area contributed by atoms with Gasteiger partial charge in [-0.1, -0.05) is 58.3 Å². The zero-order valence-electron chi connectivity index (χ0n) is 16.2. The third-order valence-corrected chi connectivity index (χ3v) is 4.34. The number of nitrogens with one attached hydrogen (secondary N) is 1. The van der Waals surface area contributed by atoms with Gasteiger partial charge < -0.3 is 14.9 Å². The van der Waals surface area contributed by atoms with Crippen molar-refractivity contribution in [3.8, 4) is 0 Å². The molecule has 0 bridgehead atoms. The minimum atomic E-state index is -0.546. The number of hydrogen-bond acceptors (Lipinski definition) is 2. The summed E-state index contributed by atoms with van der Waals surface area (Å²) >= 11 is 0. The van der Waals surface area contributed by atoms with Crippen LogP contribution in [-0.2, 0) is 9.59 Å². The van der Waals surface area contributed by atoms with E-state index in [0.717, 1.165) is 25.9 Å². The van der Waals surface area contributed by atoms with Gasteiger partial charge >= 0.3 is 5.97 Å². The number of quaternary nitrogens is 1. The predicted octanol–water partition coefficient (Wildman–Crippen LogP) is 2.74. The van der Waals surface area contributed by atoms with E-state index in [9.17, 15) is 9.59 Å². The van der Waals surface area contributed by atoms with E-state index in [-0.39, 0.29) is 12.5 Å². The molecule has 0 aromatic heterocycles. The van der Waals surface area contributed by atoms with Crippen LogP contribution in [0.4, 0.5) is 0 Å². The molecule has 0 rings (SSSR count). The molecule has 0 aromatic carbocycles. The summed E-state index contributed by atoms with van der Waals surface area (Å²) in [5.74, 6) is -0.443. The monoisotopic (exact) mass is 344 g/mol. The standard InChI is InChI=1S/C19H38N2O3/c1-4-5-6-7-8-9-10-11-12-15-20-18(22)14-13-16-21(2,3)17-19(23)24/h4-17H2,1-3H3,(H-,20,22,23,24)/p+2. The Morgan fingerprint density at radius 3 is 1.96 bits per heavy atom. The van der Waals surface area contributed by atoms with Crippen LogP contribution in [0.2, 0.25) is 0 Å². The molecule has 0 fully saturated rings. The van der Waals surface area contributed by atoms with Crippen LogP contribution in [-0.4, -0.2) is 55.2 Å². The van der Waals surface area contributed by atoms with Gasteiger partial charge in [0.1, 0.15) is 0 Å². The van der Waals surface area contributed by atoms with Crippen LogP contribution in [0.5, 0.6) is 0 Å². The number of unbranched alkanes of at least 4 members (excludes halogenated alkanes) is 8. The topological polar surface area (TPSA) is 69.1 Å². The van der Waals surface area contributed by atoms with Crippen molar-refractivity contribution in [3.63, 3.8) is 0 Å². The van der Waals surface area contributed by atoms with Crippen molar-refractivity contribution in [2.45, 2.75) is 77.6 Å². The molecule has 5 heteroatoms. The minimum Gasteiger partial charge on any atom is -0.560 e. The van der Waals surface area contributed by atoms with E-state index >= 15 is 0 Å². The normalized spacial score (nSPS) is 11.5. The number of rotatable bonds is 16. The Bertz CT molecular complexity index is 344. The summed E-state index contributed by atoms with van der Waals surface area (Å²) < 4.78 is 0.480. The summed E-state index contributed by atoms with van der Waals surface area (Å²) in [4.78, 5) is 22.6. The summed E-state index contributed by atoms with van der Waals surface area (Å²) in [5.41, 5.74) is 0. The molecular weight excluding hydrogens is 304 g/mol. The molecule has 142 valence electrons. The Morgan fingerprint density at radius 1 is 0.875 bits per heavy atom. The van der Waals surface area contributed by atoms with Crippen LogP contribution in [0, 0.1) is 0 Å². The molecule has 0 spiro atoms. The van der Waals surface area contributed by atoms with Crippen molar-refractivity contribution < 1.29 is 19.2 Å². The maximum Gasteiger partial charge on any atom is 0.571 e. The molecule has 24 heavy (non-hydrogen) atoms. The quantitative estimate of drug-likeness (QED) is 0.266. The van der Waals surface area contributed by atoms with Crippen LogP contribution in [0.15, 0.2) is 0 Å². The molecule has 0 heterocycles. The van der Waals surface area contributed by atoms with E-state index in [2.05, 4.69) is 12.2 Å². The highest BCUT2D eigenvalue weighted by Crippen LogP contribution is 2.09. The Morgan fingerprint density at radius 2 is 1.42 bits per heavy atom. The van der Waals surface area contributed by atoms with Crippen molar-refractivity contribution >= 4 is 11.9 Å². The molecule has 5 nitrogen and oxygen atoms in total. The third kappa shape index (κ3) is 15.8. The first-order chi connectivity index (χ1) is 11.4. The molecular formula is C19H40N2O3+2. The second-order valence-corrected chi connectivity index (χ2v) is 7.52. The maximum atomic E-state index is 11.8. The lowest BCUT2D eigenvalue weighted by atomic mass is 10.1. The SMILES string of the molecule is CCCCCCCCCCCNC(=O)CCC[N+](C)(C)CC(=O)[OH2+]. The second kappa shape index (κ2) is 14.3. The van der Waals surface area contributed by atoms with Gasteiger partial charge in [0.05, 0.1) is 20.6 Å². The average molecular weight is 345 g/mol. The average Bonchev–Trinajstić information content (AvgIpc) is 2.47. The van der Waals surface area contributed by atoms with Crippen LogP contribution < -0.4 is 5.32 Å². The van der Waals surface area contributed by atoms with E-state index in [0.29, 0.717) is 10.9 Å². The van der Waals surface area contributed by atoms with Gasteiger partial charge in [-0.3, -0.25) is 4.79 Å². The summed E-state index contributed by atoms with van der Waals surface area (Å²) in [7, 11) is 3.85. The lowest BCUT2D eigenvalue weighted by Crippen LogP contribution is -2.44. The van der Waals surface area contributed by atoms with Gasteiger partial charge in [0, 0.05) is 24.2 Å². The molecule has 0 aliphatic rings. The largest absolute Gasteiger partial charge is 0.571 e. The highest BCUT2D eigenvalue weighted by atomic mass is 16.4. The summed E-state index contributed by atoms with van der Waals surface area (Å²) in [6.45, 7) is 3.97. The maximum absolute atomic E-state index is 11.8. The minimum absolute atomic E-state index is 0.103. The summed E-state index contributed by atoms with van der Waals surface area (Å²) in [5, 5.41) is 10.0. The van der Waals surface area contributed by atoms with Crippen LogP contribution in [0.25, 0.3) is 0 Å². The second-order valence-electron chi connectivity index (χ2n) is 7.52. The summed E-state index contributed by atoms with van der Waals surface area (Å²) in [6, 6.07) is 0. The van der Waals surface area contributed by atoms with Gasteiger partial charge in [-0.05, 0) is 6.42 Å². The molecule has 0 radical (unpaired) electrons. The number of carbonyl (C=O) groups is 2. The van der Waals surface area contributed by atoms with E-state index in [1.807, 2.05) is 14.1 Å². The molecule has 0 aromatic rings. The fourth-order valence-electron chi connectivity index (χ4n) is 2.89. The van der Waals surface area contributed by atoms with E-state index in [4.69, 9.17) is 5.11 Å². The number of hydrogen-bond donors (Lipinski definition) is 1. The van der Waals surface area contributed by atoms with E-state index in [1.54, 1.807) is 0 Å². The van der Waals surface area contributed by atoms with E-state index < -0.39 is 5.97 Å². The zero-order valence-corrected chi connectivity index (χ0v) is 16.2. The van der Waals surface area contributed by atoms with Gasteiger partial charge in [-0.2, -0.15) is 0 Å². The highest BCUT2D eigenvalue weighted by Gasteiger charge is 2.24. The Hall–Kier alpha value is -1.10. The van der Waals surface area contributed by atoms with Crippen LogP contribution in [0.3, 0.4) is 0 Å². The first-order valence-corrected chi connectivity index (χ1v) is 9.70. The van der Waals surface area contributed by atoms with Crippen molar-refractivity contribution in [2.24, 2.45) is 0 Å². The highest BCUT2D eigenvalue weighted by molar-refractivity contribution is 5.75. The smallest absolute Gasteiger partial charge is 0.560 e. The molecule has 3 N–H and O–H groups in total. The molecule has 0 saturated heterocycles. The lowest BCUT2D eigenvalue weighted by Gasteiger charge is -2.25. The Labute approximate surface area is 148 Å². The predicted molar refractivity (Wildman–Crippen MR) is 99.9 cm³/mol. The first kappa shape index (κ1) is 22.9. The number of amides is 1. The molecule has 0 unspecified atom stereocenters. The molecule has 0 aliphatic carbocycles.